The maximum Gasteiger partial charge on any atom is 0.123 e. The highest BCUT2D eigenvalue weighted by Crippen LogP contribution is 2.39. The molecule has 0 amide bonds. The van der Waals surface area contributed by atoms with E-state index in [4.69, 9.17) is 0 Å². The van der Waals surface area contributed by atoms with E-state index in [0.717, 1.165) is 35.3 Å². The number of phenolic OH excluding ortho intramolecular Hbond substituents is 1. The molecule has 0 aromatic heterocycles. The van der Waals surface area contributed by atoms with Crippen molar-refractivity contribution < 1.29 is 9.50 Å². The third-order valence-electron chi connectivity index (χ3n) is 4.63. The first-order valence-corrected chi connectivity index (χ1v) is 8.11. The van der Waals surface area contributed by atoms with Gasteiger partial charge in [0.15, 0.2) is 0 Å². The van der Waals surface area contributed by atoms with Crippen LogP contribution in [0.15, 0.2) is 72.8 Å². The standard InChI is InChI=1S/C21H18FNO.ClH/c22-17-8-6-15(7-9-17)21-20-11-10-19(24)14-16(20)12-13-23(21)18-4-2-1-3-5-18;/h1-11,14,21,24H,12-13H2;1H. The number of hydrogen-bond donors (Lipinski definition) is 1. The zero-order valence-corrected chi connectivity index (χ0v) is 14.4. The van der Waals surface area contributed by atoms with Gasteiger partial charge in [-0.25, -0.2) is 4.39 Å². The summed E-state index contributed by atoms with van der Waals surface area (Å²) in [5.41, 5.74) is 4.50. The maximum atomic E-state index is 13.4. The predicted molar refractivity (Wildman–Crippen MR) is 101 cm³/mol. The number of halogens is 2. The van der Waals surface area contributed by atoms with Crippen LogP contribution in [0.5, 0.6) is 5.75 Å². The number of rotatable bonds is 2. The van der Waals surface area contributed by atoms with Crippen LogP contribution in [0.25, 0.3) is 0 Å². The van der Waals surface area contributed by atoms with Gasteiger partial charge in [-0.15, -0.1) is 12.4 Å². The van der Waals surface area contributed by atoms with Crippen LogP contribution >= 0.6 is 12.4 Å². The highest BCUT2D eigenvalue weighted by Gasteiger charge is 2.29. The summed E-state index contributed by atoms with van der Waals surface area (Å²) < 4.78 is 13.4. The van der Waals surface area contributed by atoms with Crippen LogP contribution in [0.3, 0.4) is 0 Å². The molecule has 0 fully saturated rings. The van der Waals surface area contributed by atoms with Crippen molar-refractivity contribution in [3.8, 4) is 5.75 Å². The molecule has 3 aromatic rings. The molecule has 4 rings (SSSR count). The number of para-hydroxylation sites is 1. The summed E-state index contributed by atoms with van der Waals surface area (Å²) in [6.45, 7) is 0.850. The number of anilines is 1. The molecule has 1 N–H and O–H groups in total. The maximum absolute atomic E-state index is 13.4. The Morgan fingerprint density at radius 3 is 2.36 bits per heavy atom. The molecule has 0 radical (unpaired) electrons. The molecular formula is C21H19ClFNO. The van der Waals surface area contributed by atoms with Crippen LogP contribution in [0, 0.1) is 5.82 Å². The van der Waals surface area contributed by atoms with E-state index in [0.29, 0.717) is 5.75 Å². The van der Waals surface area contributed by atoms with E-state index < -0.39 is 0 Å². The number of nitrogens with zero attached hydrogens (tertiary/aromatic N) is 1. The summed E-state index contributed by atoms with van der Waals surface area (Å²) in [5, 5.41) is 9.80. The van der Waals surface area contributed by atoms with E-state index >= 15 is 0 Å². The van der Waals surface area contributed by atoms with E-state index in [-0.39, 0.29) is 24.3 Å². The second kappa shape index (κ2) is 7.16. The van der Waals surface area contributed by atoms with Crippen LogP contribution in [-0.4, -0.2) is 11.7 Å². The minimum absolute atomic E-state index is 0. The van der Waals surface area contributed by atoms with Crippen molar-refractivity contribution >= 4 is 18.1 Å². The molecule has 128 valence electrons. The number of aromatic hydroxyl groups is 1. The fourth-order valence-corrected chi connectivity index (χ4v) is 3.52. The van der Waals surface area contributed by atoms with Gasteiger partial charge in [0.1, 0.15) is 11.6 Å². The molecule has 4 heteroatoms. The molecule has 0 bridgehead atoms. The lowest BCUT2D eigenvalue weighted by atomic mass is 9.87. The lowest BCUT2D eigenvalue weighted by Gasteiger charge is -2.39. The van der Waals surface area contributed by atoms with Gasteiger partial charge in [0.05, 0.1) is 6.04 Å². The SMILES string of the molecule is Cl.Oc1ccc2c(c1)CCN(c1ccccc1)C2c1ccc(F)cc1. The van der Waals surface area contributed by atoms with Gasteiger partial charge in [-0.3, -0.25) is 0 Å². The van der Waals surface area contributed by atoms with E-state index in [2.05, 4.69) is 17.0 Å². The van der Waals surface area contributed by atoms with Gasteiger partial charge in [-0.1, -0.05) is 36.4 Å². The van der Waals surface area contributed by atoms with Crippen molar-refractivity contribution in [2.24, 2.45) is 0 Å². The fraction of sp³-hybridized carbons (Fsp3) is 0.143. The summed E-state index contributed by atoms with van der Waals surface area (Å²) >= 11 is 0. The van der Waals surface area contributed by atoms with Crippen LogP contribution in [0.1, 0.15) is 22.7 Å². The topological polar surface area (TPSA) is 23.5 Å². The summed E-state index contributed by atoms with van der Waals surface area (Å²) in [4.78, 5) is 2.34. The fourth-order valence-electron chi connectivity index (χ4n) is 3.52. The molecule has 2 nitrogen and oxygen atoms in total. The summed E-state index contributed by atoms with van der Waals surface area (Å²) in [7, 11) is 0. The van der Waals surface area contributed by atoms with Gasteiger partial charge in [-0.05, 0) is 59.5 Å². The first-order valence-electron chi connectivity index (χ1n) is 8.11. The molecule has 1 aliphatic rings. The minimum Gasteiger partial charge on any atom is -0.508 e. The molecule has 3 aromatic carbocycles. The number of phenols is 1. The molecule has 1 unspecified atom stereocenters. The molecule has 0 saturated carbocycles. The van der Waals surface area contributed by atoms with Gasteiger partial charge in [0.2, 0.25) is 0 Å². The Bertz CT molecular complexity index is 852. The highest BCUT2D eigenvalue weighted by atomic mass is 35.5. The Balaban J connectivity index is 0.00000182. The monoisotopic (exact) mass is 355 g/mol. The average Bonchev–Trinajstić information content (AvgIpc) is 2.62. The summed E-state index contributed by atoms with van der Waals surface area (Å²) in [6, 6.07) is 22.5. The van der Waals surface area contributed by atoms with Crippen molar-refractivity contribution in [2.45, 2.75) is 12.5 Å². The highest BCUT2D eigenvalue weighted by molar-refractivity contribution is 5.85. The van der Waals surface area contributed by atoms with Gasteiger partial charge in [0.25, 0.3) is 0 Å². The Kier molecular flexibility index (Phi) is 4.95. The van der Waals surface area contributed by atoms with Crippen LogP contribution < -0.4 is 4.90 Å². The summed E-state index contributed by atoms with van der Waals surface area (Å²) in [5.74, 6) is 0.0616. The molecule has 0 saturated heterocycles. The molecule has 1 aliphatic heterocycles. The zero-order valence-electron chi connectivity index (χ0n) is 13.6. The van der Waals surface area contributed by atoms with E-state index in [1.54, 1.807) is 6.07 Å². The van der Waals surface area contributed by atoms with Crippen LogP contribution in [0.4, 0.5) is 10.1 Å². The van der Waals surface area contributed by atoms with E-state index in [1.165, 1.54) is 12.1 Å². The normalized spacial score (nSPS) is 16.0. The quantitative estimate of drug-likeness (QED) is 0.690. The predicted octanol–water partition coefficient (Wildman–Crippen LogP) is 5.11. The van der Waals surface area contributed by atoms with Crippen molar-refractivity contribution in [3.63, 3.8) is 0 Å². The molecule has 1 heterocycles. The second-order valence-electron chi connectivity index (χ2n) is 6.12. The average molecular weight is 356 g/mol. The minimum atomic E-state index is -0.230. The lowest BCUT2D eigenvalue weighted by Crippen LogP contribution is -2.36. The van der Waals surface area contributed by atoms with Crippen molar-refractivity contribution in [1.82, 2.24) is 0 Å². The van der Waals surface area contributed by atoms with Gasteiger partial charge < -0.3 is 10.0 Å². The summed E-state index contributed by atoms with van der Waals surface area (Å²) in [6.07, 6.45) is 0.871. The van der Waals surface area contributed by atoms with Gasteiger partial charge >= 0.3 is 0 Å². The van der Waals surface area contributed by atoms with Crippen molar-refractivity contribution in [1.29, 1.82) is 0 Å². The molecule has 0 spiro atoms. The third-order valence-corrected chi connectivity index (χ3v) is 4.63. The zero-order chi connectivity index (χ0) is 16.5. The Morgan fingerprint density at radius 2 is 1.64 bits per heavy atom. The number of fused-ring (bicyclic) bond motifs is 1. The molecular weight excluding hydrogens is 337 g/mol. The number of benzene rings is 3. The van der Waals surface area contributed by atoms with E-state index in [1.807, 2.05) is 42.5 Å². The van der Waals surface area contributed by atoms with Crippen molar-refractivity contribution in [3.05, 3.63) is 95.3 Å². The van der Waals surface area contributed by atoms with E-state index in [9.17, 15) is 9.50 Å². The first-order chi connectivity index (χ1) is 11.7. The van der Waals surface area contributed by atoms with Crippen LogP contribution in [-0.2, 0) is 6.42 Å². The number of hydrogen-bond acceptors (Lipinski definition) is 2. The van der Waals surface area contributed by atoms with Crippen LogP contribution in [0.2, 0.25) is 0 Å². The Morgan fingerprint density at radius 1 is 0.920 bits per heavy atom. The van der Waals surface area contributed by atoms with Gasteiger partial charge in [0, 0.05) is 12.2 Å². The largest absolute Gasteiger partial charge is 0.508 e. The lowest BCUT2D eigenvalue weighted by molar-refractivity contribution is 0.473. The molecule has 0 aliphatic carbocycles. The molecule has 1 atom stereocenters. The molecule has 25 heavy (non-hydrogen) atoms. The smallest absolute Gasteiger partial charge is 0.123 e. The Hall–Kier alpha value is -2.52. The van der Waals surface area contributed by atoms with Gasteiger partial charge in [-0.2, -0.15) is 0 Å². The second-order valence-corrected chi connectivity index (χ2v) is 6.12. The third kappa shape index (κ3) is 3.33. The first kappa shape index (κ1) is 17.3. The Labute approximate surface area is 153 Å². The van der Waals surface area contributed by atoms with Crippen molar-refractivity contribution in [2.75, 3.05) is 11.4 Å².